The lowest BCUT2D eigenvalue weighted by atomic mass is 10.2. The fraction of sp³-hybridized carbons (Fsp3) is 0.333. The molecule has 1 aromatic rings. The number of amides is 3. The molecular weight excluding hydrogens is 282 g/mol. The molecule has 0 aromatic heterocycles. The number of carbonyl (C=O) groups excluding carboxylic acids is 2. The third kappa shape index (κ3) is 3.08. The summed E-state index contributed by atoms with van der Waals surface area (Å²) in [4.78, 5) is 22.8. The summed E-state index contributed by atoms with van der Waals surface area (Å²) in [7, 11) is -2.59. The van der Waals surface area contributed by atoms with E-state index in [-0.39, 0.29) is 4.90 Å². The van der Waals surface area contributed by atoms with Crippen molar-refractivity contribution in [3.8, 4) is 0 Å². The molecule has 0 heterocycles. The van der Waals surface area contributed by atoms with Gasteiger partial charge in [-0.05, 0) is 31.5 Å². The lowest BCUT2D eigenvalue weighted by Gasteiger charge is -2.15. The molecule has 0 aliphatic carbocycles. The van der Waals surface area contributed by atoms with Gasteiger partial charge in [0, 0.05) is 12.7 Å². The predicted molar refractivity (Wildman–Crippen MR) is 74.8 cm³/mol. The number of carbonyl (C=O) groups is 2. The van der Waals surface area contributed by atoms with E-state index in [1.807, 2.05) is 5.32 Å². The summed E-state index contributed by atoms with van der Waals surface area (Å²) >= 11 is 0. The molecule has 1 rings (SSSR count). The van der Waals surface area contributed by atoms with Crippen LogP contribution >= 0.6 is 0 Å². The molecule has 0 fully saturated rings. The predicted octanol–water partition coefficient (Wildman–Crippen LogP) is 0.195. The lowest BCUT2D eigenvalue weighted by molar-refractivity contribution is -0.119. The average Bonchev–Trinajstić information content (AvgIpc) is 2.40. The summed E-state index contributed by atoms with van der Waals surface area (Å²) in [5, 5.41) is 2.71. The highest BCUT2D eigenvalue weighted by Crippen LogP contribution is 2.24. The molecule has 1 unspecified atom stereocenters. The largest absolute Gasteiger partial charge is 0.398 e. The number of sulfone groups is 1. The molecule has 0 radical (unpaired) electrons. The van der Waals surface area contributed by atoms with Gasteiger partial charge in [-0.15, -0.1) is 0 Å². The molecule has 3 amide bonds. The lowest BCUT2D eigenvalue weighted by Crippen LogP contribution is -2.44. The van der Waals surface area contributed by atoms with Crippen molar-refractivity contribution < 1.29 is 18.0 Å². The second-order valence-electron chi connectivity index (χ2n) is 4.23. The van der Waals surface area contributed by atoms with Crippen molar-refractivity contribution in [3.05, 3.63) is 23.8 Å². The Hall–Kier alpha value is -2.09. The maximum absolute atomic E-state index is 12.4. The van der Waals surface area contributed by atoms with Crippen LogP contribution in [0.2, 0.25) is 0 Å². The van der Waals surface area contributed by atoms with Gasteiger partial charge in [0.15, 0.2) is 9.84 Å². The van der Waals surface area contributed by atoms with E-state index < -0.39 is 27.0 Å². The van der Waals surface area contributed by atoms with E-state index in [1.54, 1.807) is 13.0 Å². The number of hydrogen-bond donors (Lipinski definition) is 3. The Morgan fingerprint density at radius 1 is 1.30 bits per heavy atom. The van der Waals surface area contributed by atoms with Crippen LogP contribution in [0.25, 0.3) is 0 Å². The number of hydrogen-bond acceptors (Lipinski definition) is 5. The van der Waals surface area contributed by atoms with E-state index in [4.69, 9.17) is 5.73 Å². The first kappa shape index (κ1) is 16.0. The first-order valence-electron chi connectivity index (χ1n) is 5.83. The maximum atomic E-state index is 12.4. The van der Waals surface area contributed by atoms with Crippen LogP contribution < -0.4 is 16.4 Å². The van der Waals surface area contributed by atoms with E-state index in [1.165, 1.54) is 26.1 Å². The summed E-state index contributed by atoms with van der Waals surface area (Å²) in [6.07, 6.45) is 0. The first-order valence-corrected chi connectivity index (χ1v) is 7.38. The summed E-state index contributed by atoms with van der Waals surface area (Å²) in [5.41, 5.74) is 6.37. The second-order valence-corrected chi connectivity index (χ2v) is 6.46. The van der Waals surface area contributed by atoms with Crippen LogP contribution in [0.15, 0.2) is 23.1 Å². The van der Waals surface area contributed by atoms with E-state index in [9.17, 15) is 18.0 Å². The Morgan fingerprint density at radius 2 is 1.90 bits per heavy atom. The van der Waals surface area contributed by atoms with Crippen molar-refractivity contribution >= 4 is 27.5 Å². The number of nitrogens with one attached hydrogen (secondary N) is 2. The highest BCUT2D eigenvalue weighted by molar-refractivity contribution is 7.92. The smallest absolute Gasteiger partial charge is 0.321 e. The Morgan fingerprint density at radius 3 is 2.45 bits per heavy atom. The molecule has 110 valence electrons. The topological polar surface area (TPSA) is 118 Å². The van der Waals surface area contributed by atoms with Gasteiger partial charge in [0.1, 0.15) is 5.25 Å². The van der Waals surface area contributed by atoms with Crippen molar-refractivity contribution in [2.24, 2.45) is 0 Å². The normalized spacial score (nSPS) is 12.6. The van der Waals surface area contributed by atoms with Gasteiger partial charge < -0.3 is 11.1 Å². The van der Waals surface area contributed by atoms with Gasteiger partial charge >= 0.3 is 6.03 Å². The van der Waals surface area contributed by atoms with Crippen LogP contribution in [0.3, 0.4) is 0 Å². The Labute approximate surface area is 117 Å². The van der Waals surface area contributed by atoms with Crippen molar-refractivity contribution in [3.63, 3.8) is 0 Å². The minimum atomic E-state index is -3.92. The molecule has 0 bridgehead atoms. The highest BCUT2D eigenvalue weighted by atomic mass is 32.2. The van der Waals surface area contributed by atoms with Gasteiger partial charge in [0.25, 0.3) is 0 Å². The minimum absolute atomic E-state index is 0.0166. The van der Waals surface area contributed by atoms with Gasteiger partial charge in [-0.1, -0.05) is 6.07 Å². The number of urea groups is 1. The van der Waals surface area contributed by atoms with Gasteiger partial charge in [-0.3, -0.25) is 10.1 Å². The zero-order valence-electron chi connectivity index (χ0n) is 11.4. The highest BCUT2D eigenvalue weighted by Gasteiger charge is 2.32. The number of nitrogen functional groups attached to an aromatic ring is 1. The number of anilines is 1. The summed E-state index contributed by atoms with van der Waals surface area (Å²) < 4.78 is 24.7. The first-order chi connectivity index (χ1) is 9.21. The molecule has 0 aliphatic heterocycles. The van der Waals surface area contributed by atoms with Crippen LogP contribution in [-0.4, -0.2) is 32.7 Å². The maximum Gasteiger partial charge on any atom is 0.321 e. The molecule has 0 saturated heterocycles. The molecule has 0 aliphatic rings. The fourth-order valence-electron chi connectivity index (χ4n) is 1.55. The van der Waals surface area contributed by atoms with Crippen LogP contribution in [0.4, 0.5) is 10.5 Å². The minimum Gasteiger partial charge on any atom is -0.398 e. The number of imide groups is 1. The molecule has 0 saturated carbocycles. The third-order valence-corrected chi connectivity index (χ3v) is 5.13. The fourth-order valence-corrected chi connectivity index (χ4v) is 3.08. The Bertz CT molecular complexity index is 640. The van der Waals surface area contributed by atoms with Crippen LogP contribution in [0.5, 0.6) is 0 Å². The van der Waals surface area contributed by atoms with Gasteiger partial charge in [0.05, 0.1) is 4.90 Å². The van der Waals surface area contributed by atoms with Crippen LogP contribution in [-0.2, 0) is 14.6 Å². The van der Waals surface area contributed by atoms with Crippen LogP contribution in [0, 0.1) is 6.92 Å². The van der Waals surface area contributed by atoms with Gasteiger partial charge in [-0.25, -0.2) is 13.2 Å². The molecular formula is C12H17N3O4S. The molecule has 1 atom stereocenters. The van der Waals surface area contributed by atoms with E-state index >= 15 is 0 Å². The Kier molecular flexibility index (Phi) is 4.72. The molecule has 20 heavy (non-hydrogen) atoms. The second kappa shape index (κ2) is 5.91. The van der Waals surface area contributed by atoms with E-state index in [0.717, 1.165) is 0 Å². The molecule has 4 N–H and O–H groups in total. The van der Waals surface area contributed by atoms with Crippen molar-refractivity contribution in [2.45, 2.75) is 24.0 Å². The number of benzene rings is 1. The van der Waals surface area contributed by atoms with E-state index in [2.05, 4.69) is 5.32 Å². The molecule has 1 aromatic carbocycles. The standard InChI is InChI=1S/C12H17N3O4S/c1-7-9(13)5-4-6-10(7)20(18,19)8(2)11(16)15-12(17)14-3/h4-6,8H,13H2,1-3H3,(H2,14,15,16,17). The molecule has 0 spiro atoms. The third-order valence-electron chi connectivity index (χ3n) is 2.93. The zero-order valence-corrected chi connectivity index (χ0v) is 12.2. The van der Waals surface area contributed by atoms with Crippen molar-refractivity contribution in [1.82, 2.24) is 10.6 Å². The summed E-state index contributed by atoms with van der Waals surface area (Å²) in [6, 6.07) is 3.69. The van der Waals surface area contributed by atoms with E-state index in [0.29, 0.717) is 11.3 Å². The van der Waals surface area contributed by atoms with Gasteiger partial charge in [0.2, 0.25) is 5.91 Å². The number of nitrogens with two attached hydrogens (primary N) is 1. The van der Waals surface area contributed by atoms with Crippen LogP contribution in [0.1, 0.15) is 12.5 Å². The number of rotatable bonds is 3. The molecule has 8 heteroatoms. The summed E-state index contributed by atoms with van der Waals surface area (Å²) in [6.45, 7) is 2.78. The van der Waals surface area contributed by atoms with Crippen molar-refractivity contribution in [1.29, 1.82) is 0 Å². The SMILES string of the molecule is CNC(=O)NC(=O)C(C)S(=O)(=O)c1cccc(N)c1C. The molecule has 7 nitrogen and oxygen atoms in total. The summed E-state index contributed by atoms with van der Waals surface area (Å²) in [5.74, 6) is -0.897. The quantitative estimate of drug-likeness (QED) is 0.689. The monoisotopic (exact) mass is 299 g/mol. The zero-order chi connectivity index (χ0) is 15.5. The van der Waals surface area contributed by atoms with Gasteiger partial charge in [-0.2, -0.15) is 0 Å². The Balaban J connectivity index is 3.13. The average molecular weight is 299 g/mol. The van der Waals surface area contributed by atoms with Crippen molar-refractivity contribution in [2.75, 3.05) is 12.8 Å².